The molecular weight excluding hydrogens is 332 g/mol. The van der Waals surface area contributed by atoms with Crippen LogP contribution in [-0.2, 0) is 0 Å². The molecule has 0 radical (unpaired) electrons. The van der Waals surface area contributed by atoms with Gasteiger partial charge < -0.3 is 0 Å². The number of rotatable bonds is 2. The third-order valence-electron chi connectivity index (χ3n) is 2.45. The fourth-order valence-corrected chi connectivity index (χ4v) is 3.05. The van der Waals surface area contributed by atoms with Gasteiger partial charge in [0.2, 0.25) is 0 Å². The van der Waals surface area contributed by atoms with E-state index in [0.29, 0.717) is 15.6 Å². The molecule has 1 amide bonds. The number of nitrogens with zero attached hydrogens (tertiary/aromatic N) is 1. The van der Waals surface area contributed by atoms with E-state index in [0.717, 1.165) is 15.0 Å². The number of carbonyl (C=O) groups is 1. The highest BCUT2D eigenvalue weighted by molar-refractivity contribution is 9.10. The van der Waals surface area contributed by atoms with Gasteiger partial charge >= 0.3 is 0 Å². The van der Waals surface area contributed by atoms with Gasteiger partial charge in [0.1, 0.15) is 0 Å². The van der Waals surface area contributed by atoms with E-state index < -0.39 is 0 Å². The molecule has 0 aliphatic carbocycles. The first-order valence-electron chi connectivity index (χ1n) is 5.21. The summed E-state index contributed by atoms with van der Waals surface area (Å²) in [4.78, 5) is 18.1. The van der Waals surface area contributed by atoms with Gasteiger partial charge in [-0.05, 0) is 32.0 Å². The molecule has 1 N–H and O–H groups in total. The molecule has 0 aliphatic heterocycles. The zero-order valence-corrected chi connectivity index (χ0v) is 13.1. The van der Waals surface area contributed by atoms with E-state index in [1.165, 1.54) is 11.3 Å². The number of thiazole rings is 1. The number of hydrogen-bond acceptors (Lipinski definition) is 4. The van der Waals surface area contributed by atoms with Gasteiger partial charge in [0.15, 0.2) is 5.13 Å². The predicted molar refractivity (Wildman–Crippen MR) is 80.9 cm³/mol. The number of benzene rings is 1. The summed E-state index contributed by atoms with van der Waals surface area (Å²) in [5.74, 6) is -0.193. The summed E-state index contributed by atoms with van der Waals surface area (Å²) in [5, 5.41) is 3.40. The second kappa shape index (κ2) is 5.42. The second-order valence-corrected chi connectivity index (χ2v) is 6.38. The summed E-state index contributed by atoms with van der Waals surface area (Å²) in [6.45, 7) is 3.90. The Bertz CT molecular complexity index is 591. The fraction of sp³-hybridized carbons (Fsp3) is 0.167. The first-order chi connectivity index (χ1) is 8.47. The van der Waals surface area contributed by atoms with E-state index in [1.807, 2.05) is 19.9 Å². The van der Waals surface area contributed by atoms with Gasteiger partial charge in [-0.1, -0.05) is 15.9 Å². The Labute approximate surface area is 123 Å². The van der Waals surface area contributed by atoms with Gasteiger partial charge in [-0.25, -0.2) is 4.98 Å². The molecule has 1 heterocycles. The van der Waals surface area contributed by atoms with Crippen molar-refractivity contribution >= 4 is 50.9 Å². The third kappa shape index (κ3) is 2.93. The quantitative estimate of drug-likeness (QED) is 0.808. The van der Waals surface area contributed by atoms with Gasteiger partial charge in [0.05, 0.1) is 11.3 Å². The summed E-state index contributed by atoms with van der Waals surface area (Å²) < 4.78 is 0.894. The summed E-state index contributed by atoms with van der Waals surface area (Å²) >= 11 is 9.09. The topological polar surface area (TPSA) is 42.0 Å². The number of halogens is 1. The van der Waals surface area contributed by atoms with E-state index in [4.69, 9.17) is 0 Å². The molecule has 0 saturated heterocycles. The van der Waals surface area contributed by atoms with Crippen molar-refractivity contribution in [2.24, 2.45) is 0 Å². The van der Waals surface area contributed by atoms with Crippen LogP contribution in [0.3, 0.4) is 0 Å². The maximum atomic E-state index is 12.1. The van der Waals surface area contributed by atoms with Crippen molar-refractivity contribution in [3.8, 4) is 0 Å². The van der Waals surface area contributed by atoms with Crippen LogP contribution in [0, 0.1) is 13.8 Å². The molecule has 0 saturated carbocycles. The Morgan fingerprint density at radius 1 is 1.44 bits per heavy atom. The lowest BCUT2D eigenvalue weighted by Gasteiger charge is -2.04. The predicted octanol–water partition coefficient (Wildman–Crippen LogP) is 4.06. The van der Waals surface area contributed by atoms with Gasteiger partial charge in [-0.15, -0.1) is 24.0 Å². The lowest BCUT2D eigenvalue weighted by molar-refractivity contribution is 0.102. The highest BCUT2D eigenvalue weighted by atomic mass is 79.9. The van der Waals surface area contributed by atoms with Crippen molar-refractivity contribution in [3.05, 3.63) is 38.8 Å². The maximum absolute atomic E-state index is 12.1. The van der Waals surface area contributed by atoms with Crippen LogP contribution in [0.15, 0.2) is 27.6 Å². The minimum atomic E-state index is -0.193. The monoisotopic (exact) mass is 342 g/mol. The third-order valence-corrected chi connectivity index (χ3v) is 4.30. The first-order valence-corrected chi connectivity index (χ1v) is 7.27. The maximum Gasteiger partial charge on any atom is 0.258 e. The molecule has 1 aromatic heterocycles. The molecule has 94 valence electrons. The average Bonchev–Trinajstić information content (AvgIpc) is 2.57. The summed E-state index contributed by atoms with van der Waals surface area (Å²) in [6, 6.07) is 5.33. The molecule has 3 nitrogen and oxygen atoms in total. The molecule has 0 spiro atoms. The Morgan fingerprint density at radius 3 is 2.72 bits per heavy atom. The standard InChI is InChI=1S/C12H11BrN2OS2/c1-6-7(2)18-12(14-6)15-11(16)9-4-3-8(13)5-10(9)17/h3-5,17H,1-2H3,(H,14,15,16). The molecule has 0 aliphatic rings. The molecule has 18 heavy (non-hydrogen) atoms. The van der Waals surface area contributed by atoms with Crippen LogP contribution in [-0.4, -0.2) is 10.9 Å². The molecule has 0 unspecified atom stereocenters. The van der Waals surface area contributed by atoms with Crippen molar-refractivity contribution in [1.29, 1.82) is 0 Å². The molecule has 0 bridgehead atoms. The van der Waals surface area contributed by atoms with E-state index >= 15 is 0 Å². The number of aromatic nitrogens is 1. The number of nitrogens with one attached hydrogen (secondary N) is 1. The molecule has 0 fully saturated rings. The van der Waals surface area contributed by atoms with Crippen LogP contribution in [0.2, 0.25) is 0 Å². The number of amides is 1. The van der Waals surface area contributed by atoms with E-state index in [9.17, 15) is 4.79 Å². The second-order valence-electron chi connectivity index (χ2n) is 3.78. The van der Waals surface area contributed by atoms with Crippen LogP contribution in [0.25, 0.3) is 0 Å². The van der Waals surface area contributed by atoms with Crippen molar-refractivity contribution in [1.82, 2.24) is 4.98 Å². The lowest BCUT2D eigenvalue weighted by atomic mass is 10.2. The zero-order chi connectivity index (χ0) is 13.3. The molecule has 2 rings (SSSR count). The van der Waals surface area contributed by atoms with E-state index in [-0.39, 0.29) is 5.91 Å². The molecule has 0 atom stereocenters. The van der Waals surface area contributed by atoms with Gasteiger partial charge in [0, 0.05) is 14.2 Å². The number of thiol groups is 1. The highest BCUT2D eigenvalue weighted by Gasteiger charge is 2.12. The number of hydrogen-bond donors (Lipinski definition) is 2. The van der Waals surface area contributed by atoms with Crippen molar-refractivity contribution in [2.75, 3.05) is 5.32 Å². The highest BCUT2D eigenvalue weighted by Crippen LogP contribution is 2.24. The van der Waals surface area contributed by atoms with Crippen molar-refractivity contribution < 1.29 is 4.79 Å². The minimum Gasteiger partial charge on any atom is -0.298 e. The van der Waals surface area contributed by atoms with Gasteiger partial charge in [-0.3, -0.25) is 10.1 Å². The normalized spacial score (nSPS) is 10.4. The average molecular weight is 343 g/mol. The minimum absolute atomic E-state index is 0.193. The Balaban J connectivity index is 2.22. The molecule has 6 heteroatoms. The van der Waals surface area contributed by atoms with Crippen LogP contribution in [0.5, 0.6) is 0 Å². The lowest BCUT2D eigenvalue weighted by Crippen LogP contribution is -2.12. The largest absolute Gasteiger partial charge is 0.298 e. The van der Waals surface area contributed by atoms with Crippen molar-refractivity contribution in [2.45, 2.75) is 18.7 Å². The first kappa shape index (κ1) is 13.6. The zero-order valence-electron chi connectivity index (χ0n) is 9.82. The number of carbonyl (C=O) groups excluding carboxylic acids is 1. The van der Waals surface area contributed by atoms with Crippen LogP contribution >= 0.6 is 39.9 Å². The SMILES string of the molecule is Cc1nc(NC(=O)c2ccc(Br)cc2S)sc1C. The van der Waals surface area contributed by atoms with E-state index in [1.54, 1.807) is 12.1 Å². The molecule has 2 aromatic rings. The smallest absolute Gasteiger partial charge is 0.258 e. The molecule has 1 aromatic carbocycles. The van der Waals surface area contributed by atoms with Gasteiger partial charge in [0.25, 0.3) is 5.91 Å². The van der Waals surface area contributed by atoms with Crippen molar-refractivity contribution in [3.63, 3.8) is 0 Å². The Hall–Kier alpha value is -0.850. The number of aryl methyl sites for hydroxylation is 2. The van der Waals surface area contributed by atoms with Crippen LogP contribution < -0.4 is 5.32 Å². The van der Waals surface area contributed by atoms with E-state index in [2.05, 4.69) is 38.9 Å². The summed E-state index contributed by atoms with van der Waals surface area (Å²) in [5.41, 5.74) is 1.48. The van der Waals surface area contributed by atoms with Gasteiger partial charge in [-0.2, -0.15) is 0 Å². The Kier molecular flexibility index (Phi) is 4.09. The summed E-state index contributed by atoms with van der Waals surface area (Å²) in [7, 11) is 0. The van der Waals surface area contributed by atoms with Crippen LogP contribution in [0.1, 0.15) is 20.9 Å². The summed E-state index contributed by atoms with van der Waals surface area (Å²) in [6.07, 6.45) is 0. The molecular formula is C12H11BrN2OS2. The number of anilines is 1. The fourth-order valence-electron chi connectivity index (χ4n) is 1.39. The Morgan fingerprint density at radius 2 is 2.17 bits per heavy atom. The van der Waals surface area contributed by atoms with Crippen LogP contribution in [0.4, 0.5) is 5.13 Å².